The zero-order chi connectivity index (χ0) is 22.7. The number of ketones is 1. The minimum absolute atomic E-state index is 0.00522. The summed E-state index contributed by atoms with van der Waals surface area (Å²) in [6.45, 7) is 2.47. The number of methoxy groups -OCH3 is 3. The van der Waals surface area contributed by atoms with E-state index >= 15 is 0 Å². The topological polar surface area (TPSA) is 107 Å². The minimum atomic E-state index is -0.677. The largest absolute Gasteiger partial charge is 0.493 e. The molecule has 0 radical (unpaired) electrons. The lowest BCUT2D eigenvalue weighted by atomic mass is 9.95. The van der Waals surface area contributed by atoms with Gasteiger partial charge in [0.15, 0.2) is 28.8 Å². The van der Waals surface area contributed by atoms with E-state index in [-0.39, 0.29) is 40.8 Å². The first-order valence-corrected chi connectivity index (χ1v) is 9.32. The molecule has 0 N–H and O–H groups in total. The van der Waals surface area contributed by atoms with Crippen molar-refractivity contribution in [1.82, 2.24) is 0 Å². The van der Waals surface area contributed by atoms with E-state index in [0.29, 0.717) is 17.1 Å². The number of carbonyl (C=O) groups excluding carboxylic acids is 3. The number of hydrogen-bond acceptors (Lipinski definition) is 9. The summed E-state index contributed by atoms with van der Waals surface area (Å²) in [5, 5.41) is 0. The number of benzene rings is 2. The molecular formula is C22H22O9. The van der Waals surface area contributed by atoms with Crippen molar-refractivity contribution >= 4 is 17.7 Å². The number of esters is 2. The second kappa shape index (κ2) is 8.95. The predicted octanol–water partition coefficient (Wildman–Crippen LogP) is 3.27. The summed E-state index contributed by atoms with van der Waals surface area (Å²) in [5.74, 6) is -0.0964. The average Bonchev–Trinajstić information content (AvgIpc) is 2.72. The second-order valence-electron chi connectivity index (χ2n) is 6.65. The van der Waals surface area contributed by atoms with E-state index in [1.165, 1.54) is 47.3 Å². The Bertz CT molecular complexity index is 1040. The Morgan fingerprint density at radius 2 is 1.52 bits per heavy atom. The van der Waals surface area contributed by atoms with Crippen LogP contribution in [0.1, 0.15) is 42.3 Å². The van der Waals surface area contributed by atoms with E-state index in [2.05, 4.69) is 0 Å². The van der Waals surface area contributed by atoms with Gasteiger partial charge >= 0.3 is 11.9 Å². The van der Waals surface area contributed by atoms with E-state index < -0.39 is 18.0 Å². The first-order chi connectivity index (χ1) is 14.8. The van der Waals surface area contributed by atoms with E-state index in [0.717, 1.165) is 0 Å². The summed E-state index contributed by atoms with van der Waals surface area (Å²) < 4.78 is 32.4. The Labute approximate surface area is 178 Å². The van der Waals surface area contributed by atoms with Crippen LogP contribution in [-0.2, 0) is 9.59 Å². The standard InChI is InChI=1S/C22H22O9/c1-11(23)29-15-7-6-13(8-17(15)30-12(2)24)16-9-14(25)20-18(31-16)10-19(26-3)21(27-4)22(20)28-5/h6-8,10,16H,9H2,1-5H3. The van der Waals surface area contributed by atoms with Crippen molar-refractivity contribution in [3.63, 3.8) is 0 Å². The highest BCUT2D eigenvalue weighted by Gasteiger charge is 2.34. The van der Waals surface area contributed by atoms with Crippen LogP contribution in [0.2, 0.25) is 0 Å². The van der Waals surface area contributed by atoms with Crippen molar-refractivity contribution in [2.75, 3.05) is 21.3 Å². The summed E-state index contributed by atoms with van der Waals surface area (Å²) in [6, 6.07) is 6.17. The van der Waals surface area contributed by atoms with Crippen molar-refractivity contribution in [2.24, 2.45) is 0 Å². The zero-order valence-corrected chi connectivity index (χ0v) is 17.8. The van der Waals surface area contributed by atoms with Crippen molar-refractivity contribution < 1.29 is 42.8 Å². The molecule has 2 aromatic rings. The lowest BCUT2D eigenvalue weighted by Gasteiger charge is -2.28. The number of Topliss-reactive ketones (excluding diaryl/α,β-unsaturated/α-hetero) is 1. The van der Waals surface area contributed by atoms with Gasteiger partial charge in [-0.15, -0.1) is 0 Å². The van der Waals surface area contributed by atoms with Gasteiger partial charge in [0.25, 0.3) is 0 Å². The molecule has 0 bridgehead atoms. The number of hydrogen-bond donors (Lipinski definition) is 0. The second-order valence-corrected chi connectivity index (χ2v) is 6.65. The maximum absolute atomic E-state index is 13.0. The molecule has 0 aliphatic carbocycles. The van der Waals surface area contributed by atoms with Crippen LogP contribution in [-0.4, -0.2) is 39.1 Å². The molecule has 1 aliphatic rings. The van der Waals surface area contributed by atoms with Gasteiger partial charge in [-0.05, 0) is 17.7 Å². The van der Waals surface area contributed by atoms with E-state index in [1.807, 2.05) is 0 Å². The van der Waals surface area contributed by atoms with Crippen LogP contribution in [0.5, 0.6) is 34.5 Å². The molecule has 31 heavy (non-hydrogen) atoms. The zero-order valence-electron chi connectivity index (χ0n) is 17.8. The Kier molecular flexibility index (Phi) is 6.33. The van der Waals surface area contributed by atoms with Crippen molar-refractivity contribution in [1.29, 1.82) is 0 Å². The normalized spacial score (nSPS) is 14.7. The number of carbonyl (C=O) groups is 3. The van der Waals surface area contributed by atoms with Crippen molar-refractivity contribution in [3.8, 4) is 34.5 Å². The van der Waals surface area contributed by atoms with Gasteiger partial charge in [-0.25, -0.2) is 0 Å². The molecule has 1 unspecified atom stereocenters. The molecule has 164 valence electrons. The Balaban J connectivity index is 2.03. The van der Waals surface area contributed by atoms with Gasteiger partial charge in [0.1, 0.15) is 17.4 Å². The van der Waals surface area contributed by atoms with Crippen molar-refractivity contribution in [2.45, 2.75) is 26.4 Å². The van der Waals surface area contributed by atoms with Crippen LogP contribution >= 0.6 is 0 Å². The summed E-state index contributed by atoms with van der Waals surface area (Å²) in [6.07, 6.45) is -0.672. The molecule has 0 saturated carbocycles. The summed E-state index contributed by atoms with van der Waals surface area (Å²) in [4.78, 5) is 35.8. The highest BCUT2D eigenvalue weighted by molar-refractivity contribution is 6.04. The van der Waals surface area contributed by atoms with Gasteiger partial charge in [-0.3, -0.25) is 14.4 Å². The minimum Gasteiger partial charge on any atom is -0.493 e. The maximum Gasteiger partial charge on any atom is 0.308 e. The van der Waals surface area contributed by atoms with Crippen molar-refractivity contribution in [3.05, 3.63) is 35.4 Å². The molecule has 0 fully saturated rings. The number of fused-ring (bicyclic) bond motifs is 1. The summed E-state index contributed by atoms with van der Waals surface area (Å²) in [7, 11) is 4.34. The number of rotatable bonds is 6. The van der Waals surface area contributed by atoms with Crippen LogP contribution in [0.25, 0.3) is 0 Å². The van der Waals surface area contributed by atoms with Gasteiger partial charge in [-0.2, -0.15) is 0 Å². The molecule has 0 saturated heterocycles. The molecule has 1 heterocycles. The molecule has 9 heteroatoms. The summed E-state index contributed by atoms with van der Waals surface area (Å²) in [5.41, 5.74) is 0.813. The average molecular weight is 430 g/mol. The third kappa shape index (κ3) is 4.40. The van der Waals surface area contributed by atoms with E-state index in [1.54, 1.807) is 12.1 Å². The molecule has 9 nitrogen and oxygen atoms in total. The Hall–Kier alpha value is -3.75. The van der Waals surface area contributed by atoms with Gasteiger partial charge < -0.3 is 28.4 Å². The molecule has 1 atom stereocenters. The van der Waals surface area contributed by atoms with Gasteiger partial charge in [-0.1, -0.05) is 6.07 Å². The molecule has 1 aliphatic heterocycles. The predicted molar refractivity (Wildman–Crippen MR) is 107 cm³/mol. The molecule has 0 amide bonds. The maximum atomic E-state index is 13.0. The highest BCUT2D eigenvalue weighted by Crippen LogP contribution is 2.49. The van der Waals surface area contributed by atoms with Crippen LogP contribution in [0.15, 0.2) is 24.3 Å². The van der Waals surface area contributed by atoms with Crippen LogP contribution in [0, 0.1) is 0 Å². The monoisotopic (exact) mass is 430 g/mol. The summed E-state index contributed by atoms with van der Waals surface area (Å²) >= 11 is 0. The molecular weight excluding hydrogens is 408 g/mol. The van der Waals surface area contributed by atoms with Crippen LogP contribution in [0.4, 0.5) is 0 Å². The molecule has 2 aromatic carbocycles. The van der Waals surface area contributed by atoms with Gasteiger partial charge in [0, 0.05) is 19.9 Å². The highest BCUT2D eigenvalue weighted by atomic mass is 16.6. The fraction of sp³-hybridized carbons (Fsp3) is 0.318. The first-order valence-electron chi connectivity index (χ1n) is 9.32. The van der Waals surface area contributed by atoms with Gasteiger partial charge in [0.05, 0.1) is 27.8 Å². The Morgan fingerprint density at radius 1 is 0.871 bits per heavy atom. The molecule has 0 spiro atoms. The Morgan fingerprint density at radius 3 is 2.10 bits per heavy atom. The van der Waals surface area contributed by atoms with Gasteiger partial charge in [0.2, 0.25) is 5.75 Å². The van der Waals surface area contributed by atoms with E-state index in [4.69, 9.17) is 28.4 Å². The molecule has 3 rings (SSSR count). The van der Waals surface area contributed by atoms with Crippen LogP contribution < -0.4 is 28.4 Å². The fourth-order valence-electron chi connectivity index (χ4n) is 3.34. The quantitative estimate of drug-likeness (QED) is 0.504. The fourth-order valence-corrected chi connectivity index (χ4v) is 3.34. The van der Waals surface area contributed by atoms with E-state index in [9.17, 15) is 14.4 Å². The molecule has 0 aromatic heterocycles. The number of ether oxygens (including phenoxy) is 6. The van der Waals surface area contributed by atoms with Crippen LogP contribution in [0.3, 0.4) is 0 Å². The third-order valence-corrected chi connectivity index (χ3v) is 4.56. The SMILES string of the molecule is COc1cc2c(c(OC)c1OC)C(=O)CC(c1ccc(OC(C)=O)c(OC(C)=O)c1)O2. The lowest BCUT2D eigenvalue weighted by Crippen LogP contribution is -2.21. The smallest absolute Gasteiger partial charge is 0.308 e. The first kappa shape index (κ1) is 21.9. The third-order valence-electron chi connectivity index (χ3n) is 4.56. The lowest BCUT2D eigenvalue weighted by molar-refractivity contribution is -0.134.